The number of anilines is 2. The minimum Gasteiger partial charge on any atom is -0.497 e. The van der Waals surface area contributed by atoms with Crippen LogP contribution in [0.4, 0.5) is 11.6 Å². The molecule has 0 spiro atoms. The van der Waals surface area contributed by atoms with Crippen molar-refractivity contribution in [3.63, 3.8) is 0 Å². The zero-order valence-corrected chi connectivity index (χ0v) is 16.0. The van der Waals surface area contributed by atoms with E-state index in [9.17, 15) is 4.79 Å². The van der Waals surface area contributed by atoms with Gasteiger partial charge in [-0.25, -0.2) is 19.1 Å². The fourth-order valence-corrected chi connectivity index (χ4v) is 3.53. The Kier molecular flexibility index (Phi) is 4.34. The molecule has 9 heteroatoms. The first-order valence-corrected chi connectivity index (χ1v) is 8.95. The third-order valence-corrected chi connectivity index (χ3v) is 4.95. The Morgan fingerprint density at radius 2 is 2.18 bits per heavy atom. The quantitative estimate of drug-likeness (QED) is 0.390. The summed E-state index contributed by atoms with van der Waals surface area (Å²) in [6.45, 7) is 3.11. The molecular formula is C19H22N7O2+. The molecule has 9 nitrogen and oxygen atoms in total. The highest BCUT2D eigenvalue weighted by atomic mass is 16.5. The largest absolute Gasteiger partial charge is 0.497 e. The van der Waals surface area contributed by atoms with Crippen molar-refractivity contribution in [1.82, 2.24) is 19.5 Å². The normalized spacial score (nSPS) is 11.2. The van der Waals surface area contributed by atoms with Crippen LogP contribution in [0.2, 0.25) is 0 Å². The van der Waals surface area contributed by atoms with Crippen molar-refractivity contribution in [2.75, 3.05) is 17.7 Å². The molecule has 1 aromatic carbocycles. The number of nitrogens with two attached hydrogens (primary N) is 1. The maximum Gasteiger partial charge on any atom is 0.277 e. The third-order valence-electron chi connectivity index (χ3n) is 4.95. The molecule has 0 saturated heterocycles. The molecule has 0 aliphatic rings. The number of ether oxygens (including phenoxy) is 1. The molecule has 0 unspecified atom stereocenters. The number of hydrogen-bond donors (Lipinski definition) is 2. The van der Waals surface area contributed by atoms with Gasteiger partial charge < -0.3 is 15.5 Å². The molecule has 0 bridgehead atoms. The summed E-state index contributed by atoms with van der Waals surface area (Å²) in [6, 6.07) is 7.72. The van der Waals surface area contributed by atoms with Crippen molar-refractivity contribution in [2.24, 2.45) is 7.05 Å². The van der Waals surface area contributed by atoms with E-state index in [-0.39, 0.29) is 5.82 Å². The van der Waals surface area contributed by atoms with Gasteiger partial charge in [0.25, 0.3) is 5.82 Å². The van der Waals surface area contributed by atoms with E-state index in [4.69, 9.17) is 10.5 Å². The second kappa shape index (κ2) is 6.84. The molecule has 4 rings (SSSR count). The van der Waals surface area contributed by atoms with Crippen LogP contribution in [0.5, 0.6) is 5.75 Å². The average Bonchev–Trinajstić information content (AvgIpc) is 3.26. The van der Waals surface area contributed by atoms with E-state index in [1.807, 2.05) is 25.2 Å². The molecular weight excluding hydrogens is 358 g/mol. The van der Waals surface area contributed by atoms with Crippen molar-refractivity contribution < 1.29 is 14.1 Å². The minimum absolute atomic E-state index is 0.200. The van der Waals surface area contributed by atoms with Gasteiger partial charge in [0.15, 0.2) is 28.3 Å². The minimum atomic E-state index is 0.200. The van der Waals surface area contributed by atoms with Gasteiger partial charge in [-0.1, -0.05) is 0 Å². The Morgan fingerprint density at radius 3 is 2.89 bits per heavy atom. The molecule has 0 saturated carbocycles. The van der Waals surface area contributed by atoms with Crippen LogP contribution in [0.3, 0.4) is 0 Å². The van der Waals surface area contributed by atoms with E-state index >= 15 is 0 Å². The topological polar surface area (TPSA) is 106 Å². The summed E-state index contributed by atoms with van der Waals surface area (Å²) in [5.74, 6) is 2.26. The summed E-state index contributed by atoms with van der Waals surface area (Å²) in [5, 5.41) is 0. The summed E-state index contributed by atoms with van der Waals surface area (Å²) < 4.78 is 9.57. The molecule has 0 atom stereocenters. The number of methoxy groups -OCH3 is 1. The first-order valence-electron chi connectivity index (χ1n) is 8.95. The zero-order valence-electron chi connectivity index (χ0n) is 16.0. The lowest BCUT2D eigenvalue weighted by molar-refractivity contribution is -0.653. The fourth-order valence-electron chi connectivity index (χ4n) is 3.53. The SMILES string of the molecule is CCn1c(CN(C=O)c2nc3cc[nH]c3nc2N)[n+](C)c2ccc(OC)cc21. The van der Waals surface area contributed by atoms with Crippen molar-refractivity contribution in [2.45, 2.75) is 20.0 Å². The second-order valence-electron chi connectivity index (χ2n) is 6.45. The Balaban J connectivity index is 1.81. The first-order chi connectivity index (χ1) is 13.6. The van der Waals surface area contributed by atoms with Gasteiger partial charge in [-0.2, -0.15) is 0 Å². The number of hydrogen-bond acceptors (Lipinski definition) is 5. The highest BCUT2D eigenvalue weighted by Gasteiger charge is 2.26. The molecule has 0 radical (unpaired) electrons. The molecule has 28 heavy (non-hydrogen) atoms. The van der Waals surface area contributed by atoms with Gasteiger partial charge in [0.2, 0.25) is 6.41 Å². The van der Waals surface area contributed by atoms with Crippen molar-refractivity contribution >= 4 is 40.2 Å². The molecule has 3 heterocycles. The van der Waals surface area contributed by atoms with Crippen LogP contribution < -0.4 is 19.9 Å². The predicted molar refractivity (Wildman–Crippen MR) is 106 cm³/mol. The number of aryl methyl sites for hydroxylation is 2. The first kappa shape index (κ1) is 17.8. The summed E-state index contributed by atoms with van der Waals surface area (Å²) >= 11 is 0. The van der Waals surface area contributed by atoms with Crippen LogP contribution in [-0.2, 0) is 24.9 Å². The molecule has 4 aromatic rings. The molecule has 0 aliphatic carbocycles. The smallest absolute Gasteiger partial charge is 0.277 e. The maximum atomic E-state index is 11.9. The van der Waals surface area contributed by atoms with Crippen LogP contribution in [0.25, 0.3) is 22.2 Å². The number of carbonyl (C=O) groups is 1. The molecule has 0 fully saturated rings. The molecule has 3 N–H and O–H groups in total. The molecule has 0 aliphatic heterocycles. The van der Waals surface area contributed by atoms with Crippen LogP contribution in [0.1, 0.15) is 12.7 Å². The number of rotatable bonds is 6. The van der Waals surface area contributed by atoms with Gasteiger partial charge >= 0.3 is 0 Å². The lowest BCUT2D eigenvalue weighted by atomic mass is 10.3. The van der Waals surface area contributed by atoms with Gasteiger partial charge in [0.1, 0.15) is 17.8 Å². The van der Waals surface area contributed by atoms with E-state index in [1.54, 1.807) is 19.4 Å². The lowest BCUT2D eigenvalue weighted by Gasteiger charge is -2.16. The van der Waals surface area contributed by atoms with E-state index < -0.39 is 0 Å². The number of aromatic nitrogens is 5. The van der Waals surface area contributed by atoms with Gasteiger partial charge in [0, 0.05) is 12.3 Å². The van der Waals surface area contributed by atoms with Crippen LogP contribution in [0, 0.1) is 0 Å². The summed E-state index contributed by atoms with van der Waals surface area (Å²) in [5.41, 5.74) is 9.40. The van der Waals surface area contributed by atoms with E-state index in [2.05, 4.69) is 31.0 Å². The average molecular weight is 380 g/mol. The van der Waals surface area contributed by atoms with Gasteiger partial charge in [-0.05, 0) is 25.1 Å². The van der Waals surface area contributed by atoms with Crippen LogP contribution in [0.15, 0.2) is 30.5 Å². The monoisotopic (exact) mass is 380 g/mol. The number of nitrogens with zero attached hydrogens (tertiary/aromatic N) is 5. The number of aromatic amines is 1. The number of H-pyrrole nitrogens is 1. The van der Waals surface area contributed by atoms with Gasteiger partial charge in [-0.15, -0.1) is 0 Å². The van der Waals surface area contributed by atoms with E-state index in [0.29, 0.717) is 23.5 Å². The van der Waals surface area contributed by atoms with E-state index in [0.717, 1.165) is 35.6 Å². The van der Waals surface area contributed by atoms with Crippen LogP contribution >= 0.6 is 0 Å². The summed E-state index contributed by atoms with van der Waals surface area (Å²) in [7, 11) is 3.62. The molecule has 1 amide bonds. The number of benzene rings is 1. The lowest BCUT2D eigenvalue weighted by Crippen LogP contribution is -2.38. The van der Waals surface area contributed by atoms with Gasteiger partial charge in [0.05, 0.1) is 20.7 Å². The number of imidazole rings is 1. The fraction of sp³-hybridized carbons (Fsp3) is 0.263. The van der Waals surface area contributed by atoms with Crippen molar-refractivity contribution in [3.05, 3.63) is 36.3 Å². The number of amides is 1. The Hall–Kier alpha value is -3.62. The molecule has 144 valence electrons. The number of nitrogens with one attached hydrogen (secondary N) is 1. The molecule has 3 aromatic heterocycles. The van der Waals surface area contributed by atoms with Crippen molar-refractivity contribution in [3.8, 4) is 5.75 Å². The second-order valence-corrected chi connectivity index (χ2v) is 6.45. The highest BCUT2D eigenvalue weighted by molar-refractivity contribution is 5.84. The van der Waals surface area contributed by atoms with Crippen LogP contribution in [-0.4, -0.2) is 33.0 Å². The highest BCUT2D eigenvalue weighted by Crippen LogP contribution is 2.25. The number of carbonyl (C=O) groups excluding carboxylic acids is 1. The Morgan fingerprint density at radius 1 is 1.36 bits per heavy atom. The Labute approximate surface area is 161 Å². The predicted octanol–water partition coefficient (Wildman–Crippen LogP) is 1.51. The Bertz CT molecular complexity index is 1180. The van der Waals surface area contributed by atoms with Crippen molar-refractivity contribution in [1.29, 1.82) is 0 Å². The third kappa shape index (κ3) is 2.72. The standard InChI is InChI=1S/C19H22N7O2/c1-4-26-15-9-12(28-3)5-6-14(15)24(2)16(26)10-25(11-27)19-17(20)23-18-13(22-19)7-8-21-18/h5-9,11H,4,10H2,1-3H3,(H3,20,21,23)/q+1. The number of fused-ring (bicyclic) bond motifs is 2. The summed E-state index contributed by atoms with van der Waals surface area (Å²) in [6.07, 6.45) is 2.47. The van der Waals surface area contributed by atoms with Gasteiger partial charge in [-0.3, -0.25) is 9.69 Å². The maximum absolute atomic E-state index is 11.9. The number of nitrogen functional groups attached to an aromatic ring is 1. The zero-order chi connectivity index (χ0) is 19.8. The summed E-state index contributed by atoms with van der Waals surface area (Å²) in [4.78, 5) is 25.2. The van der Waals surface area contributed by atoms with E-state index in [1.165, 1.54) is 4.90 Å².